The molecular weight excluding hydrogens is 374 g/mol. The van der Waals surface area contributed by atoms with Crippen LogP contribution in [0.3, 0.4) is 0 Å². The van der Waals surface area contributed by atoms with E-state index in [1.807, 2.05) is 37.3 Å². The fourth-order valence-electron chi connectivity index (χ4n) is 2.04. The molecule has 0 radical (unpaired) electrons. The Bertz CT molecular complexity index is 704. The molecule has 0 spiro atoms. The van der Waals surface area contributed by atoms with Crippen LogP contribution >= 0.6 is 15.9 Å². The number of halogens is 1. The molecule has 1 amide bonds. The summed E-state index contributed by atoms with van der Waals surface area (Å²) < 4.78 is 11.6. The highest BCUT2D eigenvalue weighted by molar-refractivity contribution is 9.10. The number of benzene rings is 2. The van der Waals surface area contributed by atoms with Crippen LogP contribution in [0.15, 0.2) is 46.9 Å². The summed E-state index contributed by atoms with van der Waals surface area (Å²) in [6, 6.07) is 12.8. The SMILES string of the molecule is CCOc1cc(C=O)cc(Br)c1OCC(=O)NCc1ccccc1. The van der Waals surface area contributed by atoms with Crippen LogP contribution in [0.25, 0.3) is 0 Å². The number of ether oxygens (including phenoxy) is 2. The molecule has 6 heteroatoms. The summed E-state index contributed by atoms with van der Waals surface area (Å²) in [5.74, 6) is 0.579. The minimum absolute atomic E-state index is 0.147. The van der Waals surface area contributed by atoms with Crippen molar-refractivity contribution in [1.29, 1.82) is 0 Å². The Morgan fingerprint density at radius 2 is 1.96 bits per heavy atom. The number of hydrogen-bond donors (Lipinski definition) is 1. The van der Waals surface area contributed by atoms with E-state index in [9.17, 15) is 9.59 Å². The Balaban J connectivity index is 1.97. The monoisotopic (exact) mass is 391 g/mol. The van der Waals surface area contributed by atoms with Crippen molar-refractivity contribution in [2.75, 3.05) is 13.2 Å². The average Bonchev–Trinajstić information content (AvgIpc) is 2.60. The Hall–Kier alpha value is -2.34. The van der Waals surface area contributed by atoms with Crippen molar-refractivity contribution in [2.45, 2.75) is 13.5 Å². The van der Waals surface area contributed by atoms with Crippen LogP contribution in [0.1, 0.15) is 22.8 Å². The molecule has 0 saturated heterocycles. The molecule has 0 aliphatic carbocycles. The maximum Gasteiger partial charge on any atom is 0.258 e. The van der Waals surface area contributed by atoms with Gasteiger partial charge in [0.05, 0.1) is 11.1 Å². The van der Waals surface area contributed by atoms with Gasteiger partial charge in [-0.05, 0) is 40.5 Å². The lowest BCUT2D eigenvalue weighted by Gasteiger charge is -2.14. The van der Waals surface area contributed by atoms with Crippen LogP contribution in [0, 0.1) is 0 Å². The molecule has 2 rings (SSSR count). The van der Waals surface area contributed by atoms with Gasteiger partial charge in [0.1, 0.15) is 6.29 Å². The van der Waals surface area contributed by atoms with E-state index < -0.39 is 0 Å². The molecule has 0 aliphatic rings. The van der Waals surface area contributed by atoms with E-state index in [-0.39, 0.29) is 12.5 Å². The summed E-state index contributed by atoms with van der Waals surface area (Å²) in [6.45, 7) is 2.54. The van der Waals surface area contributed by atoms with Gasteiger partial charge in [0.2, 0.25) is 0 Å². The minimum atomic E-state index is -0.243. The summed E-state index contributed by atoms with van der Waals surface area (Å²) in [4.78, 5) is 22.9. The number of carbonyl (C=O) groups is 2. The second kappa shape index (κ2) is 9.08. The molecule has 0 heterocycles. The van der Waals surface area contributed by atoms with Crippen molar-refractivity contribution < 1.29 is 19.1 Å². The zero-order chi connectivity index (χ0) is 17.4. The van der Waals surface area contributed by atoms with Crippen LogP contribution in [0.2, 0.25) is 0 Å². The third kappa shape index (κ3) is 5.09. The molecule has 0 atom stereocenters. The standard InChI is InChI=1S/C18H18BrNO4/c1-2-23-16-9-14(11-21)8-15(19)18(16)24-12-17(22)20-10-13-6-4-3-5-7-13/h3-9,11H,2,10,12H2,1H3,(H,20,22). The minimum Gasteiger partial charge on any atom is -0.490 e. The zero-order valence-electron chi connectivity index (χ0n) is 13.3. The molecule has 126 valence electrons. The molecular formula is C18H18BrNO4. The van der Waals surface area contributed by atoms with Gasteiger partial charge in [0.25, 0.3) is 5.91 Å². The number of aldehydes is 1. The summed E-state index contributed by atoms with van der Waals surface area (Å²) in [7, 11) is 0. The first-order valence-electron chi connectivity index (χ1n) is 7.49. The Kier molecular flexibility index (Phi) is 6.81. The van der Waals surface area contributed by atoms with Crippen LogP contribution in [0.5, 0.6) is 11.5 Å². The van der Waals surface area contributed by atoms with Crippen molar-refractivity contribution in [1.82, 2.24) is 5.32 Å². The van der Waals surface area contributed by atoms with Crippen molar-refractivity contribution in [3.63, 3.8) is 0 Å². The van der Waals surface area contributed by atoms with Gasteiger partial charge in [0, 0.05) is 12.1 Å². The van der Waals surface area contributed by atoms with E-state index in [1.165, 1.54) is 0 Å². The zero-order valence-corrected chi connectivity index (χ0v) is 14.8. The summed E-state index contributed by atoms with van der Waals surface area (Å²) in [5, 5.41) is 2.79. The predicted octanol–water partition coefficient (Wildman–Crippen LogP) is 3.36. The molecule has 2 aromatic carbocycles. The number of rotatable bonds is 8. The molecule has 0 unspecified atom stereocenters. The fraction of sp³-hybridized carbons (Fsp3) is 0.222. The van der Waals surface area contributed by atoms with Crippen molar-refractivity contribution in [3.05, 3.63) is 58.1 Å². The highest BCUT2D eigenvalue weighted by atomic mass is 79.9. The van der Waals surface area contributed by atoms with E-state index >= 15 is 0 Å². The van der Waals surface area contributed by atoms with Gasteiger partial charge in [-0.3, -0.25) is 9.59 Å². The van der Waals surface area contributed by atoms with Crippen molar-refractivity contribution in [3.8, 4) is 11.5 Å². The first-order valence-corrected chi connectivity index (χ1v) is 8.28. The molecule has 5 nitrogen and oxygen atoms in total. The summed E-state index contributed by atoms with van der Waals surface area (Å²) >= 11 is 3.34. The second-order valence-electron chi connectivity index (χ2n) is 4.93. The third-order valence-electron chi connectivity index (χ3n) is 3.15. The van der Waals surface area contributed by atoms with Gasteiger partial charge in [0.15, 0.2) is 18.1 Å². The lowest BCUT2D eigenvalue weighted by Crippen LogP contribution is -2.28. The Labute approximate surface area is 149 Å². The molecule has 0 bridgehead atoms. The van der Waals surface area contributed by atoms with E-state index in [4.69, 9.17) is 9.47 Å². The summed E-state index contributed by atoms with van der Waals surface area (Å²) in [6.07, 6.45) is 0.726. The quantitative estimate of drug-likeness (QED) is 0.700. The van der Waals surface area contributed by atoms with Crippen molar-refractivity contribution >= 4 is 28.1 Å². The number of carbonyl (C=O) groups excluding carboxylic acids is 2. The lowest BCUT2D eigenvalue weighted by molar-refractivity contribution is -0.123. The lowest BCUT2D eigenvalue weighted by atomic mass is 10.2. The van der Waals surface area contributed by atoms with Gasteiger partial charge in [-0.15, -0.1) is 0 Å². The molecule has 2 aromatic rings. The van der Waals surface area contributed by atoms with Gasteiger partial charge in [-0.25, -0.2) is 0 Å². The number of hydrogen-bond acceptors (Lipinski definition) is 4. The molecule has 0 aliphatic heterocycles. The van der Waals surface area contributed by atoms with E-state index in [0.29, 0.717) is 34.7 Å². The van der Waals surface area contributed by atoms with E-state index in [1.54, 1.807) is 12.1 Å². The highest BCUT2D eigenvalue weighted by Gasteiger charge is 2.14. The molecule has 0 aromatic heterocycles. The molecule has 0 fully saturated rings. The maximum absolute atomic E-state index is 11.9. The normalized spacial score (nSPS) is 10.1. The van der Waals surface area contributed by atoms with E-state index in [2.05, 4.69) is 21.2 Å². The van der Waals surface area contributed by atoms with Crippen LogP contribution < -0.4 is 14.8 Å². The molecule has 24 heavy (non-hydrogen) atoms. The average molecular weight is 392 g/mol. The van der Waals surface area contributed by atoms with Gasteiger partial charge in [-0.1, -0.05) is 30.3 Å². The van der Waals surface area contributed by atoms with Gasteiger partial charge in [-0.2, -0.15) is 0 Å². The van der Waals surface area contributed by atoms with E-state index in [0.717, 1.165) is 11.8 Å². The highest BCUT2D eigenvalue weighted by Crippen LogP contribution is 2.36. The number of amides is 1. The van der Waals surface area contributed by atoms with Crippen LogP contribution in [-0.4, -0.2) is 25.4 Å². The molecule has 0 saturated carbocycles. The second-order valence-corrected chi connectivity index (χ2v) is 5.79. The third-order valence-corrected chi connectivity index (χ3v) is 3.74. The topological polar surface area (TPSA) is 64.6 Å². The first kappa shape index (κ1) is 18.0. The number of nitrogens with one attached hydrogen (secondary N) is 1. The van der Waals surface area contributed by atoms with Gasteiger partial charge < -0.3 is 14.8 Å². The Morgan fingerprint density at radius 3 is 2.62 bits per heavy atom. The maximum atomic E-state index is 11.9. The summed E-state index contributed by atoms with van der Waals surface area (Å²) in [5.41, 5.74) is 1.48. The van der Waals surface area contributed by atoms with Crippen molar-refractivity contribution in [2.24, 2.45) is 0 Å². The smallest absolute Gasteiger partial charge is 0.258 e. The molecule has 1 N–H and O–H groups in total. The largest absolute Gasteiger partial charge is 0.490 e. The predicted molar refractivity (Wildman–Crippen MR) is 94.5 cm³/mol. The fourth-order valence-corrected chi connectivity index (χ4v) is 2.62. The van der Waals surface area contributed by atoms with Crippen LogP contribution in [0.4, 0.5) is 0 Å². The first-order chi connectivity index (χ1) is 11.6. The van der Waals surface area contributed by atoms with Crippen LogP contribution in [-0.2, 0) is 11.3 Å². The Morgan fingerprint density at radius 1 is 1.21 bits per heavy atom. The van der Waals surface area contributed by atoms with Gasteiger partial charge >= 0.3 is 0 Å².